The number of nitro benzene ring substituents is 1. The highest BCUT2D eigenvalue weighted by Gasteiger charge is 2.19. The molecule has 6 heteroatoms. The van der Waals surface area contributed by atoms with Gasteiger partial charge in [-0.2, -0.15) is 5.10 Å². The lowest BCUT2D eigenvalue weighted by Crippen LogP contribution is -2.21. The lowest BCUT2D eigenvalue weighted by atomic mass is 9.95. The molecule has 2 aromatic carbocycles. The molecule has 1 aliphatic heterocycles. The van der Waals surface area contributed by atoms with Crippen molar-refractivity contribution in [3.05, 3.63) is 74.3 Å². The van der Waals surface area contributed by atoms with E-state index in [9.17, 15) is 10.1 Å². The molecule has 0 amide bonds. The van der Waals surface area contributed by atoms with Crippen molar-refractivity contribution in [2.45, 2.75) is 19.4 Å². The molecular weight excluding hydrogens is 302 g/mol. The van der Waals surface area contributed by atoms with E-state index in [4.69, 9.17) is 11.6 Å². The summed E-state index contributed by atoms with van der Waals surface area (Å²) in [5.41, 5.74) is 6.88. The number of hydrogen-bond donors (Lipinski definition) is 1. The average Bonchev–Trinajstić information content (AvgIpc) is 2.65. The molecule has 1 heterocycles. The van der Waals surface area contributed by atoms with Gasteiger partial charge in [-0.1, -0.05) is 17.7 Å². The first-order valence-electron chi connectivity index (χ1n) is 6.91. The number of halogens is 1. The number of benzene rings is 2. The van der Waals surface area contributed by atoms with Crippen molar-refractivity contribution in [1.29, 1.82) is 0 Å². The summed E-state index contributed by atoms with van der Waals surface area (Å²) in [5, 5.41) is 15.9. The van der Waals surface area contributed by atoms with Crippen molar-refractivity contribution in [3.63, 3.8) is 0 Å². The lowest BCUT2D eigenvalue weighted by Gasteiger charge is -2.10. The molecule has 0 fully saturated rings. The van der Waals surface area contributed by atoms with Gasteiger partial charge in [-0.15, -0.1) is 0 Å². The van der Waals surface area contributed by atoms with Crippen molar-refractivity contribution in [2.24, 2.45) is 5.10 Å². The van der Waals surface area contributed by atoms with Gasteiger partial charge in [0.2, 0.25) is 0 Å². The zero-order valence-electron chi connectivity index (χ0n) is 11.9. The van der Waals surface area contributed by atoms with Crippen LogP contribution in [0, 0.1) is 10.1 Å². The molecule has 22 heavy (non-hydrogen) atoms. The monoisotopic (exact) mass is 315 g/mol. The molecule has 0 spiro atoms. The molecule has 0 saturated carbocycles. The van der Waals surface area contributed by atoms with E-state index in [0.717, 1.165) is 28.8 Å². The van der Waals surface area contributed by atoms with Gasteiger partial charge in [0.15, 0.2) is 0 Å². The number of nitrogens with zero attached hydrogens (tertiary/aromatic N) is 2. The quantitative estimate of drug-likeness (QED) is 0.681. The molecule has 1 aliphatic rings. The third kappa shape index (κ3) is 2.80. The number of hydrogen-bond acceptors (Lipinski definition) is 4. The third-order valence-electron chi connectivity index (χ3n) is 3.60. The SMILES string of the molecule is CC1Cc2cc(Cl)ccc2C(c2ccc([N+](=O)[O-])cc2)=NN1. The lowest BCUT2D eigenvalue weighted by molar-refractivity contribution is -0.384. The smallest absolute Gasteiger partial charge is 0.269 e. The minimum atomic E-state index is -0.410. The molecule has 0 aliphatic carbocycles. The van der Waals surface area contributed by atoms with E-state index < -0.39 is 4.92 Å². The number of rotatable bonds is 2. The van der Waals surface area contributed by atoms with Gasteiger partial charge in [0.1, 0.15) is 0 Å². The summed E-state index contributed by atoms with van der Waals surface area (Å²) in [4.78, 5) is 10.4. The molecule has 1 atom stereocenters. The van der Waals surface area contributed by atoms with Gasteiger partial charge >= 0.3 is 0 Å². The Balaban J connectivity index is 2.08. The Morgan fingerprint density at radius 1 is 1.27 bits per heavy atom. The van der Waals surface area contributed by atoms with Crippen molar-refractivity contribution in [3.8, 4) is 0 Å². The zero-order chi connectivity index (χ0) is 15.7. The van der Waals surface area contributed by atoms with Gasteiger partial charge < -0.3 is 5.43 Å². The van der Waals surface area contributed by atoms with Crippen LogP contribution in [0.25, 0.3) is 0 Å². The van der Waals surface area contributed by atoms with Crippen LogP contribution in [0.1, 0.15) is 23.6 Å². The van der Waals surface area contributed by atoms with Crippen LogP contribution in [0.4, 0.5) is 5.69 Å². The number of hydrazone groups is 1. The van der Waals surface area contributed by atoms with Gasteiger partial charge in [0.05, 0.1) is 10.6 Å². The summed E-state index contributed by atoms with van der Waals surface area (Å²) in [7, 11) is 0. The van der Waals surface area contributed by atoms with Crippen LogP contribution in [-0.4, -0.2) is 16.7 Å². The zero-order valence-corrected chi connectivity index (χ0v) is 12.7. The number of nitro groups is 1. The second-order valence-corrected chi connectivity index (χ2v) is 5.74. The first-order chi connectivity index (χ1) is 10.5. The average molecular weight is 316 g/mol. The van der Waals surface area contributed by atoms with Gasteiger partial charge in [-0.3, -0.25) is 10.1 Å². The summed E-state index contributed by atoms with van der Waals surface area (Å²) >= 11 is 6.09. The summed E-state index contributed by atoms with van der Waals surface area (Å²) in [5.74, 6) is 0. The maximum atomic E-state index is 10.8. The highest BCUT2D eigenvalue weighted by molar-refractivity contribution is 6.31. The first kappa shape index (κ1) is 14.5. The molecular formula is C16H14ClN3O2. The van der Waals surface area contributed by atoms with Crippen LogP contribution in [0.3, 0.4) is 0 Å². The Bertz CT molecular complexity index is 756. The predicted octanol–water partition coefficient (Wildman–Crippen LogP) is 3.53. The maximum absolute atomic E-state index is 10.8. The predicted molar refractivity (Wildman–Crippen MR) is 86.5 cm³/mol. The fraction of sp³-hybridized carbons (Fsp3) is 0.188. The molecule has 1 N–H and O–H groups in total. The summed E-state index contributed by atoms with van der Waals surface area (Å²) in [6, 6.07) is 12.3. The normalized spacial score (nSPS) is 17.0. The van der Waals surface area contributed by atoms with Crippen molar-refractivity contribution >= 4 is 23.0 Å². The topological polar surface area (TPSA) is 67.5 Å². The minimum absolute atomic E-state index is 0.0654. The van der Waals surface area contributed by atoms with Gasteiger partial charge in [-0.05, 0) is 43.2 Å². The fourth-order valence-electron chi connectivity index (χ4n) is 2.53. The molecule has 0 saturated heterocycles. The van der Waals surface area contributed by atoms with Crippen molar-refractivity contribution in [1.82, 2.24) is 5.43 Å². The first-order valence-corrected chi connectivity index (χ1v) is 7.29. The Hall–Kier alpha value is -2.40. The second-order valence-electron chi connectivity index (χ2n) is 5.30. The Morgan fingerprint density at radius 3 is 2.68 bits per heavy atom. The van der Waals surface area contributed by atoms with E-state index in [0.29, 0.717) is 5.02 Å². The van der Waals surface area contributed by atoms with Crippen LogP contribution in [0.15, 0.2) is 47.6 Å². The number of fused-ring (bicyclic) bond motifs is 1. The molecule has 1 unspecified atom stereocenters. The molecule has 2 aromatic rings. The van der Waals surface area contributed by atoms with Crippen LogP contribution >= 0.6 is 11.6 Å². The molecule has 112 valence electrons. The van der Waals surface area contributed by atoms with Crippen LogP contribution in [-0.2, 0) is 6.42 Å². The van der Waals surface area contributed by atoms with E-state index >= 15 is 0 Å². The highest BCUT2D eigenvalue weighted by Crippen LogP contribution is 2.24. The standard InChI is InChI=1S/C16H14ClN3O2/c1-10-8-12-9-13(17)4-7-15(12)16(19-18-10)11-2-5-14(6-3-11)20(21)22/h2-7,9-10,18H,8H2,1H3. The van der Waals surface area contributed by atoms with E-state index in [1.54, 1.807) is 12.1 Å². The third-order valence-corrected chi connectivity index (χ3v) is 3.83. The van der Waals surface area contributed by atoms with E-state index in [1.165, 1.54) is 12.1 Å². The largest absolute Gasteiger partial charge is 0.306 e. The van der Waals surface area contributed by atoms with Gasteiger partial charge in [0, 0.05) is 34.3 Å². The van der Waals surface area contributed by atoms with Crippen molar-refractivity contribution < 1.29 is 4.92 Å². The molecule has 5 nitrogen and oxygen atoms in total. The molecule has 0 radical (unpaired) electrons. The fourth-order valence-corrected chi connectivity index (χ4v) is 2.73. The minimum Gasteiger partial charge on any atom is -0.306 e. The highest BCUT2D eigenvalue weighted by atomic mass is 35.5. The van der Waals surface area contributed by atoms with Crippen LogP contribution in [0.2, 0.25) is 5.02 Å². The van der Waals surface area contributed by atoms with Crippen molar-refractivity contribution in [2.75, 3.05) is 0 Å². The Labute approximate surface area is 132 Å². The van der Waals surface area contributed by atoms with Crippen LogP contribution in [0.5, 0.6) is 0 Å². The van der Waals surface area contributed by atoms with E-state index in [-0.39, 0.29) is 11.7 Å². The number of non-ortho nitro benzene ring substituents is 1. The molecule has 3 rings (SSSR count). The van der Waals surface area contributed by atoms with E-state index in [2.05, 4.69) is 10.5 Å². The maximum Gasteiger partial charge on any atom is 0.269 e. The number of nitrogens with one attached hydrogen (secondary N) is 1. The summed E-state index contributed by atoms with van der Waals surface area (Å²) in [6.45, 7) is 2.05. The summed E-state index contributed by atoms with van der Waals surface area (Å²) < 4.78 is 0. The van der Waals surface area contributed by atoms with Crippen LogP contribution < -0.4 is 5.43 Å². The second kappa shape index (κ2) is 5.77. The molecule has 0 aromatic heterocycles. The Morgan fingerprint density at radius 2 is 2.00 bits per heavy atom. The molecule has 0 bridgehead atoms. The Kier molecular flexibility index (Phi) is 3.81. The summed E-state index contributed by atoms with van der Waals surface area (Å²) in [6.07, 6.45) is 0.815. The van der Waals surface area contributed by atoms with Gasteiger partial charge in [-0.25, -0.2) is 0 Å². The van der Waals surface area contributed by atoms with Gasteiger partial charge in [0.25, 0.3) is 5.69 Å². The van der Waals surface area contributed by atoms with E-state index in [1.807, 2.05) is 25.1 Å².